The summed E-state index contributed by atoms with van der Waals surface area (Å²) in [7, 11) is 13.1. The molecule has 34 heavy (non-hydrogen) atoms. The highest BCUT2D eigenvalue weighted by Gasteiger charge is 2.29. The minimum Gasteiger partial charge on any atom is -0.480 e. The minimum atomic E-state index is -1.08. The van der Waals surface area contributed by atoms with E-state index in [9.17, 15) is 40.5 Å². The van der Waals surface area contributed by atoms with Gasteiger partial charge in [-0.3, -0.25) is 4.79 Å². The number of carboxylic acid groups (broad SMARTS) is 1. The van der Waals surface area contributed by atoms with Crippen molar-refractivity contribution in [1.29, 1.82) is 0 Å². The Morgan fingerprint density at radius 1 is 0.588 bits per heavy atom. The molecule has 204 valence electrons. The lowest BCUT2D eigenvalue weighted by Gasteiger charge is -2.25. The smallest absolute Gasteiger partial charge is 0.328 e. The standard InChI is InChI=1S/C12H24O10S12/c13-1-11(2-14,3-15)7-21-25-29-33-31-27-23-10(9(19)20)24-28-32-34-30-26-22-8-12(4-16,5-17)6-18/h10,13-18H,1-8H2,(H,19,20). The number of carboxylic acids is 1. The fourth-order valence-electron chi connectivity index (χ4n) is 1.18. The van der Waals surface area contributed by atoms with Gasteiger partial charge in [-0.15, -0.1) is 0 Å². The quantitative estimate of drug-likeness (QED) is 0.0311. The van der Waals surface area contributed by atoms with Gasteiger partial charge in [-0.05, 0) is 39.3 Å². The number of aliphatic hydroxyl groups excluding tert-OH is 6. The fraction of sp³-hybridized carbons (Fsp3) is 0.917. The highest BCUT2D eigenvalue weighted by molar-refractivity contribution is 9.43. The molecule has 0 aromatic heterocycles. The molecule has 0 fully saturated rings. The van der Waals surface area contributed by atoms with Crippen LogP contribution in [0.1, 0.15) is 0 Å². The molecule has 10 nitrogen and oxygen atoms in total. The average Bonchev–Trinajstić information content (AvgIpc) is 2.86. The fourth-order valence-corrected chi connectivity index (χ4v) is 24.0. The highest BCUT2D eigenvalue weighted by atomic mass is 33.9. The third kappa shape index (κ3) is 17.1. The molecule has 0 rings (SSSR count). The van der Waals surface area contributed by atoms with Crippen molar-refractivity contribution in [2.75, 3.05) is 52.9 Å². The largest absolute Gasteiger partial charge is 0.480 e. The number of aliphatic carboxylic acids is 1. The lowest BCUT2D eigenvalue weighted by atomic mass is 9.93. The molecule has 0 spiro atoms. The maximum atomic E-state index is 11.4. The van der Waals surface area contributed by atoms with Crippen LogP contribution >= 0.6 is 122 Å². The van der Waals surface area contributed by atoms with Crippen LogP contribution < -0.4 is 0 Å². The normalized spacial score (nSPS) is 12.6. The molecule has 0 aliphatic rings. The number of aliphatic hydroxyl groups is 6. The van der Waals surface area contributed by atoms with Crippen molar-refractivity contribution in [2.24, 2.45) is 10.8 Å². The molecule has 0 aromatic rings. The second-order valence-corrected chi connectivity index (χ2v) is 24.5. The molecule has 0 aliphatic heterocycles. The van der Waals surface area contributed by atoms with E-state index in [1.807, 2.05) is 0 Å². The minimum absolute atomic E-state index is 0.0103. The summed E-state index contributed by atoms with van der Waals surface area (Å²) in [6, 6.07) is 0. The van der Waals surface area contributed by atoms with Crippen LogP contribution in [0.15, 0.2) is 0 Å². The van der Waals surface area contributed by atoms with Crippen molar-refractivity contribution in [3.63, 3.8) is 0 Å². The van der Waals surface area contributed by atoms with Crippen LogP contribution in [-0.2, 0) is 13.2 Å². The molecule has 0 saturated heterocycles. The van der Waals surface area contributed by atoms with E-state index in [-0.39, 0.29) is 13.2 Å². The Hall–Kier alpha value is 3.35. The third-order valence-electron chi connectivity index (χ3n) is 3.52. The highest BCUT2D eigenvalue weighted by Crippen LogP contribution is 2.58. The van der Waals surface area contributed by atoms with E-state index in [2.05, 4.69) is 0 Å². The summed E-state index contributed by atoms with van der Waals surface area (Å²) in [6.45, 7) is -2.39. The molecule has 0 heterocycles. The lowest BCUT2D eigenvalue weighted by Crippen LogP contribution is -2.37. The predicted molar refractivity (Wildman–Crippen MR) is 162 cm³/mol. The monoisotopic (exact) mass is 712 g/mol. The van der Waals surface area contributed by atoms with Gasteiger partial charge >= 0.3 is 5.97 Å². The number of hydrogen-bond donors (Lipinski definition) is 7. The van der Waals surface area contributed by atoms with Crippen molar-refractivity contribution in [1.82, 2.24) is 0 Å². The Bertz CT molecular complexity index is 452. The Labute approximate surface area is 243 Å². The molecular formula is C12H24O10S12. The van der Waals surface area contributed by atoms with Crippen molar-refractivity contribution in [3.8, 4) is 0 Å². The van der Waals surface area contributed by atoms with Gasteiger partial charge in [-0.25, -0.2) is 0 Å². The Kier molecular flexibility index (Phi) is 26.6. The summed E-state index contributed by atoms with van der Waals surface area (Å²) in [5.74, 6) is -0.941. The number of carbonyl (C=O) groups is 1. The first kappa shape index (κ1) is 37.4. The van der Waals surface area contributed by atoms with Gasteiger partial charge in [0.2, 0.25) is 0 Å². The number of hydrogen-bond acceptors (Lipinski definition) is 21. The van der Waals surface area contributed by atoms with Crippen LogP contribution in [0.5, 0.6) is 0 Å². The second kappa shape index (κ2) is 24.2. The molecule has 0 saturated carbocycles. The zero-order valence-corrected chi connectivity index (χ0v) is 26.8. The predicted octanol–water partition coefficient (Wildman–Crippen LogP) is 4.14. The Morgan fingerprint density at radius 2 is 0.912 bits per heavy atom. The second-order valence-electron chi connectivity index (χ2n) is 6.02. The topological polar surface area (TPSA) is 177 Å². The van der Waals surface area contributed by atoms with Crippen LogP contribution in [-0.4, -0.2) is 99.2 Å². The zero-order valence-electron chi connectivity index (χ0n) is 17.0. The Balaban J connectivity index is 3.81. The third-order valence-corrected chi connectivity index (χ3v) is 24.6. The summed E-state index contributed by atoms with van der Waals surface area (Å²) in [4.78, 5) is 11.4. The van der Waals surface area contributed by atoms with E-state index in [1.54, 1.807) is 0 Å². The van der Waals surface area contributed by atoms with Crippen molar-refractivity contribution in [2.45, 2.75) is 4.58 Å². The number of rotatable bonds is 25. The molecule has 22 heteroatoms. The van der Waals surface area contributed by atoms with Crippen LogP contribution in [0.2, 0.25) is 0 Å². The van der Waals surface area contributed by atoms with Crippen LogP contribution in [0, 0.1) is 10.8 Å². The molecule has 0 bridgehead atoms. The molecule has 7 N–H and O–H groups in total. The zero-order chi connectivity index (χ0) is 25.7. The van der Waals surface area contributed by atoms with Gasteiger partial charge < -0.3 is 44.1 Å². The first-order chi connectivity index (χ1) is 16.4. The molecular weight excluding hydrogens is 689 g/mol. The van der Waals surface area contributed by atoms with Gasteiger partial charge in [-0.1, -0.05) is 21.6 Å². The van der Waals surface area contributed by atoms with Gasteiger partial charge in [0.1, 0.15) is 0 Å². The molecule has 0 unspecified atom stereocenters. The van der Waals surface area contributed by atoms with Gasteiger partial charge in [0.15, 0.2) is 4.58 Å². The van der Waals surface area contributed by atoms with Gasteiger partial charge in [-0.2, -0.15) is 0 Å². The van der Waals surface area contributed by atoms with Crippen LogP contribution in [0.25, 0.3) is 0 Å². The van der Waals surface area contributed by atoms with Gasteiger partial charge in [0.25, 0.3) is 0 Å². The maximum Gasteiger partial charge on any atom is 0.328 e. The molecule has 0 radical (unpaired) electrons. The summed E-state index contributed by atoms with van der Waals surface area (Å²) in [5.41, 5.74) is -2.16. The first-order valence-corrected chi connectivity index (χ1v) is 23.4. The SMILES string of the molecule is O=C(O)C(SSSSSSOCC(CO)(CO)CO)SSSSSSOCC(CO)(CO)CO. The van der Waals surface area contributed by atoms with Gasteiger partial charge in [0, 0.05) is 39.3 Å². The summed E-state index contributed by atoms with van der Waals surface area (Å²) in [6.07, 6.45) is 0. The summed E-state index contributed by atoms with van der Waals surface area (Å²) in [5, 5.41) is 64.6. The average molecular weight is 713 g/mol. The van der Waals surface area contributed by atoms with Crippen molar-refractivity contribution < 1.29 is 48.9 Å². The Morgan fingerprint density at radius 3 is 1.21 bits per heavy atom. The maximum absolute atomic E-state index is 11.4. The van der Waals surface area contributed by atoms with E-state index >= 15 is 0 Å². The lowest BCUT2D eigenvalue weighted by molar-refractivity contribution is -0.134. The van der Waals surface area contributed by atoms with E-state index in [0.717, 1.165) is 22.1 Å². The molecule has 0 atom stereocenters. The van der Waals surface area contributed by atoms with Crippen LogP contribution in [0.4, 0.5) is 0 Å². The molecule has 0 aliphatic carbocycles. The summed E-state index contributed by atoms with van der Waals surface area (Å²) >= 11 is 2.08. The van der Waals surface area contributed by atoms with E-state index in [0.29, 0.717) is 0 Å². The van der Waals surface area contributed by atoms with E-state index in [4.69, 9.17) is 8.37 Å². The van der Waals surface area contributed by atoms with Crippen molar-refractivity contribution >= 4 is 128 Å². The van der Waals surface area contributed by atoms with Crippen LogP contribution in [0.3, 0.4) is 0 Å². The van der Waals surface area contributed by atoms with Crippen molar-refractivity contribution in [3.05, 3.63) is 0 Å². The molecule has 0 amide bonds. The first-order valence-electron chi connectivity index (χ1n) is 8.49. The van der Waals surface area contributed by atoms with E-state index in [1.165, 1.54) is 100 Å². The van der Waals surface area contributed by atoms with E-state index < -0.39 is 61.0 Å². The molecule has 0 aromatic carbocycles. The van der Waals surface area contributed by atoms with Gasteiger partial charge in [0.05, 0.1) is 85.8 Å². The summed E-state index contributed by atoms with van der Waals surface area (Å²) < 4.78 is 9.85.